The summed E-state index contributed by atoms with van der Waals surface area (Å²) in [6.07, 6.45) is 2.36. The molecule has 0 aliphatic rings. The third-order valence-electron chi connectivity index (χ3n) is 3.54. The predicted octanol–water partition coefficient (Wildman–Crippen LogP) is 5.77. The number of hydrogen-bond donors (Lipinski definition) is 1. The third-order valence-corrected chi connectivity index (χ3v) is 4.95. The Balaban J connectivity index is 1.98. The molecule has 0 fully saturated rings. The molecule has 2 unspecified atom stereocenters. The van der Waals surface area contributed by atoms with Gasteiger partial charge in [0.2, 0.25) is 0 Å². The smallest absolute Gasteiger partial charge is 0.0931 e. The van der Waals surface area contributed by atoms with Gasteiger partial charge < -0.3 is 5.32 Å². The molecule has 0 amide bonds. The average Bonchev–Trinajstić information content (AvgIpc) is 2.86. The first kappa shape index (κ1) is 15.6. The molecular formula is C17H22ClNS. The van der Waals surface area contributed by atoms with Crippen molar-refractivity contribution in [1.29, 1.82) is 0 Å². The summed E-state index contributed by atoms with van der Waals surface area (Å²) < 4.78 is 0.852. The van der Waals surface area contributed by atoms with Crippen LogP contribution in [0.4, 0.5) is 0 Å². The molecule has 0 aliphatic heterocycles. The van der Waals surface area contributed by atoms with Gasteiger partial charge in [-0.25, -0.2) is 0 Å². The Morgan fingerprint density at radius 2 is 1.75 bits per heavy atom. The maximum atomic E-state index is 6.00. The maximum absolute atomic E-state index is 6.00. The zero-order chi connectivity index (χ0) is 14.5. The molecule has 1 aromatic heterocycles. The van der Waals surface area contributed by atoms with Gasteiger partial charge in [0.15, 0.2) is 0 Å². The van der Waals surface area contributed by atoms with Crippen LogP contribution in [-0.4, -0.2) is 0 Å². The molecule has 20 heavy (non-hydrogen) atoms. The van der Waals surface area contributed by atoms with Crippen LogP contribution in [0.15, 0.2) is 36.4 Å². The first-order valence-corrected chi connectivity index (χ1v) is 8.39. The Morgan fingerprint density at radius 1 is 1.05 bits per heavy atom. The van der Waals surface area contributed by atoms with Gasteiger partial charge in [0.1, 0.15) is 0 Å². The number of rotatable bonds is 6. The van der Waals surface area contributed by atoms with Crippen LogP contribution >= 0.6 is 22.9 Å². The number of halogens is 1. The van der Waals surface area contributed by atoms with Gasteiger partial charge in [-0.1, -0.05) is 49.2 Å². The van der Waals surface area contributed by atoms with E-state index in [1.807, 2.05) is 6.07 Å². The molecule has 108 valence electrons. The van der Waals surface area contributed by atoms with Crippen LogP contribution < -0.4 is 5.32 Å². The Bertz CT molecular complexity index is 532. The van der Waals surface area contributed by atoms with Crippen molar-refractivity contribution in [2.75, 3.05) is 0 Å². The van der Waals surface area contributed by atoms with Crippen LogP contribution in [0.25, 0.3) is 0 Å². The van der Waals surface area contributed by atoms with Crippen LogP contribution in [0, 0.1) is 0 Å². The fourth-order valence-corrected chi connectivity index (χ4v) is 3.45. The normalized spacial score (nSPS) is 14.2. The van der Waals surface area contributed by atoms with E-state index in [1.54, 1.807) is 11.3 Å². The Morgan fingerprint density at radius 3 is 2.30 bits per heavy atom. The summed E-state index contributed by atoms with van der Waals surface area (Å²) in [4.78, 5) is 1.28. The summed E-state index contributed by atoms with van der Waals surface area (Å²) in [5.74, 6) is 0. The van der Waals surface area contributed by atoms with E-state index < -0.39 is 0 Å². The van der Waals surface area contributed by atoms with Gasteiger partial charge in [-0.15, -0.1) is 11.3 Å². The summed E-state index contributed by atoms with van der Waals surface area (Å²) in [6, 6.07) is 13.7. The van der Waals surface area contributed by atoms with Crippen molar-refractivity contribution in [3.8, 4) is 0 Å². The molecule has 2 atom stereocenters. The molecule has 0 radical (unpaired) electrons. The molecule has 2 aromatic rings. The lowest BCUT2D eigenvalue weighted by Crippen LogP contribution is -2.21. The molecule has 0 spiro atoms. The summed E-state index contributed by atoms with van der Waals surface area (Å²) in [6.45, 7) is 6.61. The van der Waals surface area contributed by atoms with Crippen molar-refractivity contribution in [2.45, 2.75) is 45.7 Å². The zero-order valence-corrected chi connectivity index (χ0v) is 13.9. The number of aryl methyl sites for hydroxylation is 1. The second-order valence-electron chi connectivity index (χ2n) is 5.24. The molecule has 1 N–H and O–H groups in total. The predicted molar refractivity (Wildman–Crippen MR) is 89.7 cm³/mol. The minimum absolute atomic E-state index is 0.317. The standard InChI is InChI=1S/C17H22ClNS/c1-4-5-14-6-8-15(9-7-14)12(2)19-13(3)16-10-11-17(18)20-16/h6-13,19H,4-5H2,1-3H3. The van der Waals surface area contributed by atoms with E-state index in [4.69, 9.17) is 11.6 Å². The largest absolute Gasteiger partial charge is 0.303 e. The molecule has 1 heterocycles. The first-order valence-electron chi connectivity index (χ1n) is 7.20. The highest BCUT2D eigenvalue weighted by molar-refractivity contribution is 7.16. The SMILES string of the molecule is CCCc1ccc(C(C)NC(C)c2ccc(Cl)s2)cc1. The van der Waals surface area contributed by atoms with E-state index in [9.17, 15) is 0 Å². The molecule has 0 saturated heterocycles. The summed E-state index contributed by atoms with van der Waals surface area (Å²) in [5, 5.41) is 3.63. The van der Waals surface area contributed by atoms with Crippen LogP contribution in [0.2, 0.25) is 4.34 Å². The van der Waals surface area contributed by atoms with Crippen molar-refractivity contribution >= 4 is 22.9 Å². The highest BCUT2D eigenvalue weighted by Gasteiger charge is 2.12. The molecule has 2 rings (SSSR count). The minimum atomic E-state index is 0.317. The van der Waals surface area contributed by atoms with Crippen LogP contribution in [0.3, 0.4) is 0 Å². The van der Waals surface area contributed by atoms with E-state index in [-0.39, 0.29) is 0 Å². The zero-order valence-electron chi connectivity index (χ0n) is 12.3. The second kappa shape index (κ2) is 7.26. The Hall–Kier alpha value is -0.830. The van der Waals surface area contributed by atoms with Gasteiger partial charge in [-0.2, -0.15) is 0 Å². The molecule has 0 saturated carbocycles. The fourth-order valence-electron chi connectivity index (χ4n) is 2.38. The summed E-state index contributed by atoms with van der Waals surface area (Å²) in [5.41, 5.74) is 2.75. The van der Waals surface area contributed by atoms with Gasteiger partial charge in [-0.3, -0.25) is 0 Å². The van der Waals surface area contributed by atoms with Gasteiger partial charge in [-0.05, 0) is 43.5 Å². The number of hydrogen-bond acceptors (Lipinski definition) is 2. The van der Waals surface area contributed by atoms with Crippen LogP contribution in [-0.2, 0) is 6.42 Å². The van der Waals surface area contributed by atoms with Crippen LogP contribution in [0.5, 0.6) is 0 Å². The Labute approximate surface area is 131 Å². The monoisotopic (exact) mass is 307 g/mol. The lowest BCUT2D eigenvalue weighted by molar-refractivity contribution is 0.500. The minimum Gasteiger partial charge on any atom is -0.303 e. The highest BCUT2D eigenvalue weighted by atomic mass is 35.5. The molecule has 1 nitrogen and oxygen atoms in total. The van der Waals surface area contributed by atoms with Crippen LogP contribution in [0.1, 0.15) is 55.3 Å². The third kappa shape index (κ3) is 4.08. The van der Waals surface area contributed by atoms with Crippen molar-refractivity contribution in [2.24, 2.45) is 0 Å². The number of benzene rings is 1. The highest BCUT2D eigenvalue weighted by Crippen LogP contribution is 2.28. The van der Waals surface area contributed by atoms with Gasteiger partial charge in [0.05, 0.1) is 4.34 Å². The van der Waals surface area contributed by atoms with Gasteiger partial charge >= 0.3 is 0 Å². The summed E-state index contributed by atoms with van der Waals surface area (Å²) in [7, 11) is 0. The Kier molecular flexibility index (Phi) is 5.64. The van der Waals surface area contributed by atoms with Gasteiger partial charge in [0, 0.05) is 17.0 Å². The number of thiophene rings is 1. The number of nitrogens with one attached hydrogen (secondary N) is 1. The average molecular weight is 308 g/mol. The van der Waals surface area contributed by atoms with Crippen molar-refractivity contribution in [3.05, 3.63) is 56.7 Å². The van der Waals surface area contributed by atoms with E-state index >= 15 is 0 Å². The molecule has 1 aromatic carbocycles. The lowest BCUT2D eigenvalue weighted by Gasteiger charge is -2.19. The quantitative estimate of drug-likeness (QED) is 0.714. The second-order valence-corrected chi connectivity index (χ2v) is 6.99. The van der Waals surface area contributed by atoms with E-state index in [0.717, 1.165) is 10.8 Å². The van der Waals surface area contributed by atoms with E-state index in [1.165, 1.54) is 22.4 Å². The maximum Gasteiger partial charge on any atom is 0.0931 e. The van der Waals surface area contributed by atoms with E-state index in [0.29, 0.717) is 12.1 Å². The topological polar surface area (TPSA) is 12.0 Å². The summed E-state index contributed by atoms with van der Waals surface area (Å²) >= 11 is 7.64. The van der Waals surface area contributed by atoms with Crippen molar-refractivity contribution < 1.29 is 0 Å². The van der Waals surface area contributed by atoms with Crippen molar-refractivity contribution in [1.82, 2.24) is 5.32 Å². The van der Waals surface area contributed by atoms with Gasteiger partial charge in [0.25, 0.3) is 0 Å². The van der Waals surface area contributed by atoms with Crippen molar-refractivity contribution in [3.63, 3.8) is 0 Å². The lowest BCUT2D eigenvalue weighted by atomic mass is 10.0. The fraction of sp³-hybridized carbons (Fsp3) is 0.412. The van der Waals surface area contributed by atoms with E-state index in [2.05, 4.69) is 56.4 Å². The molecule has 3 heteroatoms. The first-order chi connectivity index (χ1) is 9.60. The molecule has 0 aliphatic carbocycles. The molecule has 0 bridgehead atoms. The molecular weight excluding hydrogens is 286 g/mol.